The number of nitrogens with one attached hydrogen (secondary N) is 2. The molecule has 0 radical (unpaired) electrons. The van der Waals surface area contributed by atoms with Crippen LogP contribution in [0.4, 0.5) is 5.69 Å². The number of anilines is 1. The molecule has 1 heterocycles. The van der Waals surface area contributed by atoms with Gasteiger partial charge in [0.25, 0.3) is 0 Å². The Morgan fingerprint density at radius 3 is 2.84 bits per heavy atom. The van der Waals surface area contributed by atoms with E-state index in [1.807, 2.05) is 49.5 Å². The van der Waals surface area contributed by atoms with Crippen molar-refractivity contribution in [3.63, 3.8) is 0 Å². The van der Waals surface area contributed by atoms with Crippen LogP contribution in [0.2, 0.25) is 0 Å². The first-order valence-electron chi connectivity index (χ1n) is 5.88. The largest absolute Gasteiger partial charge is 0.356 e. The smallest absolute Gasteiger partial charge is 0.171 e. The molecule has 0 unspecified atom stereocenters. The summed E-state index contributed by atoms with van der Waals surface area (Å²) in [5.41, 5.74) is 2.05. The minimum Gasteiger partial charge on any atom is -0.356 e. The number of hydrogen-bond acceptors (Lipinski definition) is 2. The fraction of sp³-hybridized carbons (Fsp3) is 0.143. The Morgan fingerprint density at radius 1 is 1.32 bits per heavy atom. The molecular formula is C14H14BrN3S. The lowest BCUT2D eigenvalue weighted by Gasteiger charge is -2.17. The maximum absolute atomic E-state index is 5.30. The van der Waals surface area contributed by atoms with Crippen molar-refractivity contribution in [2.45, 2.75) is 13.0 Å². The molecule has 2 aromatic rings. The summed E-state index contributed by atoms with van der Waals surface area (Å²) in [5.74, 6) is 0. The average molecular weight is 336 g/mol. The lowest BCUT2D eigenvalue weighted by atomic mass is 10.1. The molecule has 0 saturated carbocycles. The Morgan fingerprint density at radius 2 is 2.16 bits per heavy atom. The number of hydrogen-bond donors (Lipinski definition) is 2. The highest BCUT2D eigenvalue weighted by Gasteiger charge is 2.06. The highest BCUT2D eigenvalue weighted by molar-refractivity contribution is 9.10. The number of aromatic nitrogens is 1. The van der Waals surface area contributed by atoms with Gasteiger partial charge in [-0.3, -0.25) is 4.98 Å². The highest BCUT2D eigenvalue weighted by atomic mass is 79.9. The maximum Gasteiger partial charge on any atom is 0.171 e. The van der Waals surface area contributed by atoms with E-state index in [1.54, 1.807) is 6.20 Å². The van der Waals surface area contributed by atoms with E-state index in [1.165, 1.54) is 0 Å². The van der Waals surface area contributed by atoms with Crippen LogP contribution in [0.15, 0.2) is 53.3 Å². The van der Waals surface area contributed by atoms with Gasteiger partial charge in [-0.2, -0.15) is 0 Å². The van der Waals surface area contributed by atoms with Crippen molar-refractivity contribution in [2.75, 3.05) is 5.32 Å². The van der Waals surface area contributed by atoms with Crippen LogP contribution in [0.25, 0.3) is 0 Å². The van der Waals surface area contributed by atoms with Gasteiger partial charge in [-0.15, -0.1) is 0 Å². The van der Waals surface area contributed by atoms with Crippen molar-refractivity contribution in [1.29, 1.82) is 0 Å². The van der Waals surface area contributed by atoms with Crippen LogP contribution < -0.4 is 10.6 Å². The standard InChI is InChI=1S/C14H14BrN3S/c1-10(11-4-3-7-16-9-11)17-14(19)18-13-6-2-5-12(15)8-13/h2-10H,1H3,(H2,17,18,19)/t10-/m0/s1. The minimum absolute atomic E-state index is 0.112. The zero-order chi connectivity index (χ0) is 13.7. The molecule has 0 aliphatic rings. The van der Waals surface area contributed by atoms with Crippen molar-refractivity contribution < 1.29 is 0 Å². The predicted octanol–water partition coefficient (Wildman–Crippen LogP) is 3.89. The summed E-state index contributed by atoms with van der Waals surface area (Å²) in [6.07, 6.45) is 3.59. The van der Waals surface area contributed by atoms with Crippen LogP contribution in [0.3, 0.4) is 0 Å². The van der Waals surface area contributed by atoms with Crippen molar-refractivity contribution in [3.8, 4) is 0 Å². The Hall–Kier alpha value is -1.46. The van der Waals surface area contributed by atoms with Crippen LogP contribution in [0.1, 0.15) is 18.5 Å². The molecular weight excluding hydrogens is 322 g/mol. The van der Waals surface area contributed by atoms with Gasteiger partial charge in [-0.05, 0) is 49.0 Å². The fourth-order valence-corrected chi connectivity index (χ4v) is 2.34. The molecule has 2 N–H and O–H groups in total. The quantitative estimate of drug-likeness (QED) is 0.834. The van der Waals surface area contributed by atoms with Gasteiger partial charge in [0, 0.05) is 22.6 Å². The molecule has 0 aliphatic heterocycles. The maximum atomic E-state index is 5.30. The van der Waals surface area contributed by atoms with Gasteiger partial charge < -0.3 is 10.6 Å². The van der Waals surface area contributed by atoms with Gasteiger partial charge in [0.2, 0.25) is 0 Å². The van der Waals surface area contributed by atoms with Crippen molar-refractivity contribution in [1.82, 2.24) is 10.3 Å². The number of halogens is 1. The van der Waals surface area contributed by atoms with Crippen molar-refractivity contribution in [2.24, 2.45) is 0 Å². The molecule has 5 heteroatoms. The lowest BCUT2D eigenvalue weighted by molar-refractivity contribution is 0.718. The first-order chi connectivity index (χ1) is 9.15. The number of thiocarbonyl (C=S) groups is 1. The highest BCUT2D eigenvalue weighted by Crippen LogP contribution is 2.16. The summed E-state index contributed by atoms with van der Waals surface area (Å²) in [6, 6.07) is 11.9. The van der Waals surface area contributed by atoms with Gasteiger partial charge in [-0.25, -0.2) is 0 Å². The number of pyridine rings is 1. The van der Waals surface area contributed by atoms with Crippen LogP contribution in [0, 0.1) is 0 Å². The number of rotatable bonds is 3. The average Bonchev–Trinajstić information content (AvgIpc) is 2.39. The first kappa shape index (κ1) is 14.0. The molecule has 0 spiro atoms. The molecule has 0 saturated heterocycles. The van der Waals surface area contributed by atoms with E-state index >= 15 is 0 Å². The number of nitrogens with zero attached hydrogens (tertiary/aromatic N) is 1. The molecule has 1 aromatic carbocycles. The predicted molar refractivity (Wildman–Crippen MR) is 86.2 cm³/mol. The Balaban J connectivity index is 1.95. The Labute approximate surface area is 126 Å². The molecule has 2 rings (SSSR count). The molecule has 0 fully saturated rings. The van der Waals surface area contributed by atoms with Crippen molar-refractivity contribution in [3.05, 3.63) is 58.8 Å². The molecule has 1 atom stereocenters. The van der Waals surface area contributed by atoms with Crippen LogP contribution >= 0.6 is 28.1 Å². The Bertz CT molecular complexity index is 560. The third-order valence-electron chi connectivity index (χ3n) is 2.61. The SMILES string of the molecule is C[C@H](NC(=S)Nc1cccc(Br)c1)c1cccnc1. The van der Waals surface area contributed by atoms with E-state index in [9.17, 15) is 0 Å². The van der Waals surface area contributed by atoms with Gasteiger partial charge in [0.15, 0.2) is 5.11 Å². The second kappa shape index (κ2) is 6.63. The van der Waals surface area contributed by atoms with Gasteiger partial charge in [0.05, 0.1) is 6.04 Å². The summed E-state index contributed by atoms with van der Waals surface area (Å²) in [4.78, 5) is 4.10. The third-order valence-corrected chi connectivity index (χ3v) is 3.33. The van der Waals surface area contributed by atoms with Gasteiger partial charge in [-0.1, -0.05) is 28.1 Å². The molecule has 3 nitrogen and oxygen atoms in total. The van der Waals surface area contributed by atoms with E-state index in [-0.39, 0.29) is 6.04 Å². The monoisotopic (exact) mass is 335 g/mol. The molecule has 1 aromatic heterocycles. The second-order valence-corrected chi connectivity index (χ2v) is 5.44. The van der Waals surface area contributed by atoms with E-state index in [2.05, 4.69) is 31.5 Å². The van der Waals surface area contributed by atoms with Crippen LogP contribution in [0.5, 0.6) is 0 Å². The summed E-state index contributed by atoms with van der Waals surface area (Å²) in [5, 5.41) is 6.97. The van der Waals surface area contributed by atoms with E-state index in [0.29, 0.717) is 5.11 Å². The molecule has 98 valence electrons. The number of benzene rings is 1. The summed E-state index contributed by atoms with van der Waals surface area (Å²) < 4.78 is 1.01. The van der Waals surface area contributed by atoms with Gasteiger partial charge >= 0.3 is 0 Å². The summed E-state index contributed by atoms with van der Waals surface area (Å²) in [7, 11) is 0. The molecule has 0 bridgehead atoms. The van der Waals surface area contributed by atoms with Crippen LogP contribution in [-0.2, 0) is 0 Å². The van der Waals surface area contributed by atoms with E-state index in [4.69, 9.17) is 12.2 Å². The minimum atomic E-state index is 0.112. The van der Waals surface area contributed by atoms with E-state index in [0.717, 1.165) is 15.7 Å². The normalized spacial score (nSPS) is 11.7. The first-order valence-corrected chi connectivity index (χ1v) is 7.08. The van der Waals surface area contributed by atoms with Gasteiger partial charge in [0.1, 0.15) is 0 Å². The van der Waals surface area contributed by atoms with Crippen molar-refractivity contribution >= 4 is 38.9 Å². The summed E-state index contributed by atoms with van der Waals surface area (Å²) >= 11 is 8.73. The second-order valence-electron chi connectivity index (χ2n) is 4.12. The zero-order valence-electron chi connectivity index (χ0n) is 10.4. The Kier molecular flexibility index (Phi) is 4.87. The molecule has 0 aliphatic carbocycles. The lowest BCUT2D eigenvalue weighted by Crippen LogP contribution is -2.30. The topological polar surface area (TPSA) is 37.0 Å². The third kappa shape index (κ3) is 4.29. The fourth-order valence-electron chi connectivity index (χ4n) is 1.65. The molecule has 0 amide bonds. The van der Waals surface area contributed by atoms with E-state index < -0.39 is 0 Å². The molecule has 19 heavy (non-hydrogen) atoms. The zero-order valence-corrected chi connectivity index (χ0v) is 12.8. The van der Waals surface area contributed by atoms with Crippen LogP contribution in [-0.4, -0.2) is 10.1 Å². The summed E-state index contributed by atoms with van der Waals surface area (Å²) in [6.45, 7) is 2.05.